The van der Waals surface area contributed by atoms with Crippen molar-refractivity contribution in [2.24, 2.45) is 5.92 Å². The minimum absolute atomic E-state index is 0.0724. The quantitative estimate of drug-likeness (QED) is 0.485. The first-order chi connectivity index (χ1) is 16.4. The van der Waals surface area contributed by atoms with Gasteiger partial charge in [0.25, 0.3) is 11.6 Å². The molecule has 1 heterocycles. The van der Waals surface area contributed by atoms with Crippen LogP contribution in [0.2, 0.25) is 0 Å². The highest BCUT2D eigenvalue weighted by atomic mass is 19.4. The largest absolute Gasteiger partial charge is 0.416 e. The van der Waals surface area contributed by atoms with Crippen molar-refractivity contribution in [2.45, 2.75) is 33.0 Å². The summed E-state index contributed by atoms with van der Waals surface area (Å²) in [6.45, 7) is 6.37. The molecule has 0 bridgehead atoms. The van der Waals surface area contributed by atoms with Crippen LogP contribution < -0.4 is 10.2 Å². The zero-order valence-electron chi connectivity index (χ0n) is 19.6. The first kappa shape index (κ1) is 26.0. The standard InChI is InChI=1S/C24H27F3N4O4/c1-15(2)21(28-22(32)17-6-4-16(3)5-7-17)23(33)30-12-10-29(11-13-30)19-9-8-18(24(25,26)27)14-20(19)31(34)35/h4-9,14-15,21H,10-13H2,1-3H3,(H,28,32). The Hall–Kier alpha value is -3.63. The Morgan fingerprint density at radius 1 is 1.03 bits per heavy atom. The lowest BCUT2D eigenvalue weighted by Crippen LogP contribution is -2.56. The van der Waals surface area contributed by atoms with Crippen LogP contribution in [-0.4, -0.2) is 53.9 Å². The highest BCUT2D eigenvalue weighted by Gasteiger charge is 2.35. The Balaban J connectivity index is 1.70. The van der Waals surface area contributed by atoms with Crippen LogP contribution in [0.1, 0.15) is 35.3 Å². The summed E-state index contributed by atoms with van der Waals surface area (Å²) in [6, 6.07) is 8.65. The van der Waals surface area contributed by atoms with Crippen LogP contribution in [0.3, 0.4) is 0 Å². The van der Waals surface area contributed by atoms with Gasteiger partial charge in [-0.25, -0.2) is 0 Å². The highest BCUT2D eigenvalue weighted by Crippen LogP contribution is 2.36. The van der Waals surface area contributed by atoms with Crippen molar-refractivity contribution >= 4 is 23.2 Å². The van der Waals surface area contributed by atoms with Gasteiger partial charge in [-0.05, 0) is 37.1 Å². The van der Waals surface area contributed by atoms with E-state index >= 15 is 0 Å². The maximum absolute atomic E-state index is 13.2. The molecule has 1 N–H and O–H groups in total. The van der Waals surface area contributed by atoms with E-state index in [0.29, 0.717) is 11.6 Å². The van der Waals surface area contributed by atoms with Crippen molar-refractivity contribution in [3.63, 3.8) is 0 Å². The molecule has 2 aromatic rings. The maximum Gasteiger partial charge on any atom is 0.416 e. The maximum atomic E-state index is 13.2. The van der Waals surface area contributed by atoms with Crippen LogP contribution in [0.5, 0.6) is 0 Å². The van der Waals surface area contributed by atoms with E-state index < -0.39 is 28.4 Å². The number of nitrogens with zero attached hydrogens (tertiary/aromatic N) is 3. The molecule has 1 unspecified atom stereocenters. The smallest absolute Gasteiger partial charge is 0.362 e. The lowest BCUT2D eigenvalue weighted by molar-refractivity contribution is -0.384. The fourth-order valence-electron chi connectivity index (χ4n) is 3.92. The minimum Gasteiger partial charge on any atom is -0.362 e. The molecular weight excluding hydrogens is 465 g/mol. The summed E-state index contributed by atoms with van der Waals surface area (Å²) in [5, 5.41) is 14.2. The van der Waals surface area contributed by atoms with Gasteiger partial charge in [0.1, 0.15) is 11.7 Å². The molecular formula is C24H27F3N4O4. The second-order valence-electron chi connectivity index (χ2n) is 8.83. The Labute approximate surface area is 200 Å². The van der Waals surface area contributed by atoms with Gasteiger partial charge in [0, 0.05) is 37.8 Å². The lowest BCUT2D eigenvalue weighted by atomic mass is 10.0. The van der Waals surface area contributed by atoms with Crippen LogP contribution >= 0.6 is 0 Å². The Kier molecular flexibility index (Phi) is 7.67. The molecule has 0 aromatic heterocycles. The molecule has 1 fully saturated rings. The van der Waals surface area contributed by atoms with Gasteiger partial charge < -0.3 is 15.1 Å². The van der Waals surface area contributed by atoms with E-state index in [1.54, 1.807) is 34.1 Å². The fourth-order valence-corrected chi connectivity index (χ4v) is 3.92. The first-order valence-corrected chi connectivity index (χ1v) is 11.2. The predicted molar refractivity (Wildman–Crippen MR) is 124 cm³/mol. The van der Waals surface area contributed by atoms with E-state index in [4.69, 9.17) is 0 Å². The number of hydrogen-bond acceptors (Lipinski definition) is 5. The number of benzene rings is 2. The molecule has 1 saturated heterocycles. The van der Waals surface area contributed by atoms with Gasteiger partial charge in [-0.1, -0.05) is 31.5 Å². The highest BCUT2D eigenvalue weighted by molar-refractivity contribution is 5.97. The number of hydrogen-bond donors (Lipinski definition) is 1. The van der Waals surface area contributed by atoms with Gasteiger partial charge in [0.05, 0.1) is 10.5 Å². The van der Waals surface area contributed by atoms with Gasteiger partial charge in [0.15, 0.2) is 0 Å². The molecule has 35 heavy (non-hydrogen) atoms. The number of carbonyl (C=O) groups excluding carboxylic acids is 2. The van der Waals surface area contributed by atoms with Gasteiger partial charge in [-0.3, -0.25) is 19.7 Å². The van der Waals surface area contributed by atoms with E-state index in [9.17, 15) is 32.9 Å². The molecule has 11 heteroatoms. The molecule has 3 rings (SSSR count). The number of halogens is 3. The Morgan fingerprint density at radius 3 is 2.14 bits per heavy atom. The molecule has 1 atom stereocenters. The normalized spacial score (nSPS) is 15.2. The third-order valence-corrected chi connectivity index (χ3v) is 5.96. The molecule has 0 aliphatic carbocycles. The second kappa shape index (κ2) is 10.3. The van der Waals surface area contributed by atoms with E-state index in [1.807, 2.05) is 20.8 Å². The monoisotopic (exact) mass is 492 g/mol. The SMILES string of the molecule is Cc1ccc(C(=O)NC(C(=O)N2CCN(c3ccc(C(F)(F)F)cc3[N+](=O)[O-])CC2)C(C)C)cc1. The number of piperazine rings is 1. The van der Waals surface area contributed by atoms with Gasteiger partial charge >= 0.3 is 6.18 Å². The van der Waals surface area contributed by atoms with Gasteiger partial charge in [-0.15, -0.1) is 0 Å². The molecule has 0 radical (unpaired) electrons. The van der Waals surface area contributed by atoms with E-state index in [2.05, 4.69) is 5.32 Å². The van der Waals surface area contributed by atoms with E-state index in [-0.39, 0.29) is 49.6 Å². The molecule has 1 aliphatic heterocycles. The molecule has 2 amide bonds. The van der Waals surface area contributed by atoms with Crippen molar-refractivity contribution in [1.29, 1.82) is 0 Å². The number of nitro groups is 1. The van der Waals surface area contributed by atoms with Gasteiger partial charge in [-0.2, -0.15) is 13.2 Å². The summed E-state index contributed by atoms with van der Waals surface area (Å²) >= 11 is 0. The van der Waals surface area contributed by atoms with E-state index in [1.165, 1.54) is 0 Å². The number of aryl methyl sites for hydroxylation is 1. The fraction of sp³-hybridized carbons (Fsp3) is 0.417. The molecule has 188 valence electrons. The zero-order chi connectivity index (χ0) is 25.9. The summed E-state index contributed by atoms with van der Waals surface area (Å²) in [5.74, 6) is -0.830. The van der Waals surface area contributed by atoms with Crippen molar-refractivity contribution in [1.82, 2.24) is 10.2 Å². The van der Waals surface area contributed by atoms with Crippen LogP contribution in [0.15, 0.2) is 42.5 Å². The third-order valence-electron chi connectivity index (χ3n) is 5.96. The molecule has 2 aromatic carbocycles. The van der Waals surface area contributed by atoms with Crippen molar-refractivity contribution in [3.8, 4) is 0 Å². The number of alkyl halides is 3. The van der Waals surface area contributed by atoms with Crippen molar-refractivity contribution < 1.29 is 27.7 Å². The lowest BCUT2D eigenvalue weighted by Gasteiger charge is -2.38. The average Bonchev–Trinajstić information content (AvgIpc) is 2.81. The summed E-state index contributed by atoms with van der Waals surface area (Å²) < 4.78 is 39.0. The van der Waals surface area contributed by atoms with Crippen LogP contribution in [0, 0.1) is 23.0 Å². The number of carbonyl (C=O) groups is 2. The number of nitro benzene ring substituents is 1. The third kappa shape index (κ3) is 6.09. The molecule has 0 spiro atoms. The van der Waals surface area contributed by atoms with Crippen LogP contribution in [0.4, 0.5) is 24.5 Å². The topological polar surface area (TPSA) is 95.8 Å². The average molecular weight is 492 g/mol. The van der Waals surface area contributed by atoms with Crippen LogP contribution in [0.25, 0.3) is 0 Å². The number of rotatable bonds is 6. The summed E-state index contributed by atoms with van der Waals surface area (Å²) in [6.07, 6.45) is -4.69. The van der Waals surface area contributed by atoms with Crippen molar-refractivity contribution in [3.05, 3.63) is 69.3 Å². The van der Waals surface area contributed by atoms with Crippen molar-refractivity contribution in [2.75, 3.05) is 31.1 Å². The Bertz CT molecular complexity index is 1090. The molecule has 8 nitrogen and oxygen atoms in total. The minimum atomic E-state index is -4.69. The number of nitrogens with one attached hydrogen (secondary N) is 1. The zero-order valence-corrected chi connectivity index (χ0v) is 19.6. The number of anilines is 1. The summed E-state index contributed by atoms with van der Waals surface area (Å²) in [7, 11) is 0. The van der Waals surface area contributed by atoms with E-state index in [0.717, 1.165) is 17.7 Å². The molecule has 1 aliphatic rings. The van der Waals surface area contributed by atoms with Crippen LogP contribution in [-0.2, 0) is 11.0 Å². The summed E-state index contributed by atoms with van der Waals surface area (Å²) in [5.41, 5.74) is -0.211. The first-order valence-electron chi connectivity index (χ1n) is 11.2. The Morgan fingerprint density at radius 2 is 1.63 bits per heavy atom. The number of amides is 2. The second-order valence-corrected chi connectivity index (χ2v) is 8.83. The predicted octanol–water partition coefficient (Wildman–Crippen LogP) is 4.03. The summed E-state index contributed by atoms with van der Waals surface area (Å²) in [4.78, 5) is 39.6. The van der Waals surface area contributed by atoms with Gasteiger partial charge in [0.2, 0.25) is 5.91 Å². The molecule has 0 saturated carbocycles.